The molecule has 0 aliphatic heterocycles. The minimum absolute atomic E-state index is 0.403. The fraction of sp³-hybridized carbons (Fsp3) is 0. The topological polar surface area (TPSA) is 59.7 Å². The molecule has 0 unspecified atom stereocenters. The summed E-state index contributed by atoms with van der Waals surface area (Å²) >= 11 is 5.72. The molecular weight excluding hydrogens is 440 g/mol. The summed E-state index contributed by atoms with van der Waals surface area (Å²) in [6.07, 6.45) is 0. The fourth-order valence-corrected chi connectivity index (χ4v) is 4.31. The highest BCUT2D eigenvalue weighted by atomic mass is 32.1. The van der Waals surface area contributed by atoms with E-state index in [0.717, 1.165) is 33.4 Å². The van der Waals surface area contributed by atoms with E-state index in [4.69, 9.17) is 22.2 Å². The molecule has 4 aromatic carbocycles. The van der Waals surface area contributed by atoms with Gasteiger partial charge in [0, 0.05) is 11.4 Å². The van der Waals surface area contributed by atoms with E-state index in [-0.39, 0.29) is 0 Å². The van der Waals surface area contributed by atoms with Gasteiger partial charge in [-0.3, -0.25) is 9.13 Å². The lowest BCUT2D eigenvalue weighted by molar-refractivity contribution is 1.09. The summed E-state index contributed by atoms with van der Waals surface area (Å²) in [4.78, 5) is 9.58. The van der Waals surface area contributed by atoms with Gasteiger partial charge < -0.3 is 10.6 Å². The first-order valence-corrected chi connectivity index (χ1v) is 11.3. The Hall–Kier alpha value is -4.49. The Morgan fingerprint density at radius 2 is 0.912 bits per heavy atom. The number of fused-ring (bicyclic) bond motifs is 2. The summed E-state index contributed by atoms with van der Waals surface area (Å²) in [7, 11) is 0. The van der Waals surface area contributed by atoms with Crippen molar-refractivity contribution in [3.8, 4) is 11.4 Å². The molecule has 0 saturated heterocycles. The van der Waals surface area contributed by atoms with Crippen LogP contribution in [-0.2, 0) is 0 Å². The lowest BCUT2D eigenvalue weighted by atomic mass is 10.3. The highest BCUT2D eigenvalue weighted by molar-refractivity contribution is 7.80. The monoisotopic (exact) mass is 460 g/mol. The normalized spacial score (nSPS) is 11.1. The first kappa shape index (κ1) is 20.1. The molecule has 0 aliphatic carbocycles. The number of thiocarbonyl (C=S) groups is 1. The Balaban J connectivity index is 1.39. The van der Waals surface area contributed by atoms with Crippen LogP contribution in [0.4, 0.5) is 11.9 Å². The molecule has 6 aromatic rings. The van der Waals surface area contributed by atoms with Crippen molar-refractivity contribution in [2.75, 3.05) is 10.6 Å². The Morgan fingerprint density at radius 1 is 0.529 bits per heavy atom. The number of para-hydroxylation sites is 6. The zero-order chi connectivity index (χ0) is 22.9. The SMILES string of the molecule is S=C(Nc1nc2ccccc2n1-c1ccccc1)Nc1nc2ccccc2n1-c1ccccc1. The minimum Gasteiger partial charge on any atom is -0.302 e. The second-order valence-electron chi connectivity index (χ2n) is 7.77. The number of hydrogen-bond acceptors (Lipinski definition) is 3. The van der Waals surface area contributed by atoms with Gasteiger partial charge >= 0.3 is 0 Å². The average molecular weight is 461 g/mol. The summed E-state index contributed by atoms with van der Waals surface area (Å²) in [5.74, 6) is 1.26. The van der Waals surface area contributed by atoms with Crippen molar-refractivity contribution in [1.29, 1.82) is 0 Å². The Morgan fingerprint density at radius 3 is 1.35 bits per heavy atom. The molecule has 164 valence electrons. The molecule has 0 saturated carbocycles. The zero-order valence-electron chi connectivity index (χ0n) is 18.1. The number of imidazole rings is 2. The third-order valence-corrected chi connectivity index (χ3v) is 5.81. The molecule has 2 aromatic heterocycles. The maximum Gasteiger partial charge on any atom is 0.214 e. The predicted octanol–water partition coefficient (Wildman–Crippen LogP) is 6.17. The third kappa shape index (κ3) is 3.58. The molecule has 0 aliphatic rings. The number of rotatable bonds is 4. The van der Waals surface area contributed by atoms with Crippen molar-refractivity contribution in [2.24, 2.45) is 0 Å². The largest absolute Gasteiger partial charge is 0.302 e. The lowest BCUT2D eigenvalue weighted by Crippen LogP contribution is -2.23. The van der Waals surface area contributed by atoms with Crippen LogP contribution < -0.4 is 10.6 Å². The van der Waals surface area contributed by atoms with E-state index in [0.29, 0.717) is 17.0 Å². The molecular formula is C27H20N6S. The molecule has 0 radical (unpaired) electrons. The number of hydrogen-bond donors (Lipinski definition) is 2. The van der Waals surface area contributed by atoms with Crippen LogP contribution in [0.3, 0.4) is 0 Å². The molecule has 0 amide bonds. The van der Waals surface area contributed by atoms with E-state index in [9.17, 15) is 0 Å². The minimum atomic E-state index is 0.403. The van der Waals surface area contributed by atoms with Crippen LogP contribution in [0.25, 0.3) is 33.4 Å². The van der Waals surface area contributed by atoms with Gasteiger partial charge in [-0.2, -0.15) is 0 Å². The quantitative estimate of drug-likeness (QED) is 0.308. The molecule has 0 fully saturated rings. The molecule has 7 heteroatoms. The van der Waals surface area contributed by atoms with Gasteiger partial charge in [0.15, 0.2) is 5.11 Å². The van der Waals surface area contributed by atoms with Crippen LogP contribution in [-0.4, -0.2) is 24.2 Å². The van der Waals surface area contributed by atoms with E-state index < -0.39 is 0 Å². The van der Waals surface area contributed by atoms with Crippen LogP contribution in [0.15, 0.2) is 109 Å². The number of aromatic nitrogens is 4. The van der Waals surface area contributed by atoms with Crippen LogP contribution >= 0.6 is 12.2 Å². The van der Waals surface area contributed by atoms with Crippen LogP contribution in [0, 0.1) is 0 Å². The zero-order valence-corrected chi connectivity index (χ0v) is 18.9. The van der Waals surface area contributed by atoms with Gasteiger partial charge in [0.05, 0.1) is 22.1 Å². The molecule has 2 N–H and O–H groups in total. The fourth-order valence-electron chi connectivity index (χ4n) is 4.13. The molecule has 6 rings (SSSR count). The predicted molar refractivity (Wildman–Crippen MR) is 142 cm³/mol. The van der Waals surface area contributed by atoms with E-state index >= 15 is 0 Å². The van der Waals surface area contributed by atoms with Gasteiger partial charge in [0.25, 0.3) is 0 Å². The van der Waals surface area contributed by atoms with Gasteiger partial charge in [0.2, 0.25) is 11.9 Å². The maximum atomic E-state index is 5.72. The number of benzene rings is 4. The molecule has 6 nitrogen and oxygen atoms in total. The number of nitrogens with zero attached hydrogens (tertiary/aromatic N) is 4. The van der Waals surface area contributed by atoms with Crippen molar-refractivity contribution < 1.29 is 0 Å². The first-order valence-electron chi connectivity index (χ1n) is 10.9. The standard InChI is InChI=1S/C27H20N6S/c34-27(30-25-28-21-15-7-9-17-23(21)32(25)19-11-3-1-4-12-19)31-26-29-22-16-8-10-18-24(22)33(26)20-13-5-2-6-14-20/h1-18H,(H2,28,29,30,31,34). The van der Waals surface area contributed by atoms with Gasteiger partial charge in [-0.1, -0.05) is 60.7 Å². The van der Waals surface area contributed by atoms with E-state index in [1.165, 1.54) is 0 Å². The summed E-state index contributed by atoms with van der Waals surface area (Å²) in [5.41, 5.74) is 5.75. The van der Waals surface area contributed by atoms with Crippen molar-refractivity contribution in [2.45, 2.75) is 0 Å². The second-order valence-corrected chi connectivity index (χ2v) is 8.18. The third-order valence-electron chi connectivity index (χ3n) is 5.60. The maximum absolute atomic E-state index is 5.72. The summed E-state index contributed by atoms with van der Waals surface area (Å²) in [6.45, 7) is 0. The lowest BCUT2D eigenvalue weighted by Gasteiger charge is -2.14. The first-order chi connectivity index (χ1) is 16.8. The molecule has 0 atom stereocenters. The van der Waals surface area contributed by atoms with Crippen molar-refractivity contribution in [3.63, 3.8) is 0 Å². The second kappa shape index (κ2) is 8.46. The Kier molecular flexibility index (Phi) is 5.01. The van der Waals surface area contributed by atoms with Gasteiger partial charge in [-0.25, -0.2) is 9.97 Å². The Bertz CT molecular complexity index is 1500. The number of nitrogens with one attached hydrogen (secondary N) is 2. The van der Waals surface area contributed by atoms with E-state index in [2.05, 4.69) is 19.8 Å². The molecule has 2 heterocycles. The molecule has 0 spiro atoms. The molecule has 34 heavy (non-hydrogen) atoms. The van der Waals surface area contributed by atoms with Gasteiger partial charge in [-0.15, -0.1) is 0 Å². The summed E-state index contributed by atoms with van der Waals surface area (Å²) in [6, 6.07) is 36.3. The molecule has 0 bridgehead atoms. The van der Waals surface area contributed by atoms with E-state index in [1.54, 1.807) is 0 Å². The van der Waals surface area contributed by atoms with Crippen molar-refractivity contribution in [1.82, 2.24) is 19.1 Å². The smallest absolute Gasteiger partial charge is 0.214 e. The highest BCUT2D eigenvalue weighted by Crippen LogP contribution is 2.26. The van der Waals surface area contributed by atoms with Crippen LogP contribution in [0.1, 0.15) is 0 Å². The van der Waals surface area contributed by atoms with Crippen molar-refractivity contribution >= 4 is 51.3 Å². The van der Waals surface area contributed by atoms with Crippen molar-refractivity contribution in [3.05, 3.63) is 109 Å². The van der Waals surface area contributed by atoms with E-state index in [1.807, 2.05) is 109 Å². The van der Waals surface area contributed by atoms with Gasteiger partial charge in [0.1, 0.15) is 0 Å². The van der Waals surface area contributed by atoms with Crippen LogP contribution in [0.5, 0.6) is 0 Å². The Labute approximate surface area is 201 Å². The van der Waals surface area contributed by atoms with Gasteiger partial charge in [-0.05, 0) is 60.7 Å². The average Bonchev–Trinajstić information content (AvgIpc) is 3.42. The summed E-state index contributed by atoms with van der Waals surface area (Å²) in [5, 5.41) is 6.98. The number of anilines is 2. The highest BCUT2D eigenvalue weighted by Gasteiger charge is 2.16. The summed E-state index contributed by atoms with van der Waals surface area (Å²) < 4.78 is 4.12. The van der Waals surface area contributed by atoms with Crippen LogP contribution in [0.2, 0.25) is 0 Å².